The smallest absolute Gasteiger partial charge is 0.279 e. The molecule has 0 radical (unpaired) electrons. The van der Waals surface area contributed by atoms with Gasteiger partial charge in [0.2, 0.25) is 0 Å². The molecule has 1 aliphatic rings. The molecule has 3 rings (SSSR count). The first-order valence-electron chi connectivity index (χ1n) is 8.10. The van der Waals surface area contributed by atoms with E-state index in [1.807, 2.05) is 0 Å². The van der Waals surface area contributed by atoms with Crippen LogP contribution in [0.4, 0.5) is 20.2 Å². The number of benzene rings is 2. The van der Waals surface area contributed by atoms with Crippen molar-refractivity contribution < 1.29 is 18.5 Å². The lowest BCUT2D eigenvalue weighted by atomic mass is 10.2. The van der Waals surface area contributed by atoms with Crippen LogP contribution in [0.25, 0.3) is 0 Å². The van der Waals surface area contributed by atoms with Crippen LogP contribution in [0.2, 0.25) is 5.02 Å². The van der Waals surface area contributed by atoms with Crippen molar-refractivity contribution in [2.24, 2.45) is 0 Å². The number of hydrogen-bond donors (Lipinski definition) is 2. The summed E-state index contributed by atoms with van der Waals surface area (Å²) in [4.78, 5) is 15.4. The first-order valence-corrected chi connectivity index (χ1v) is 8.48. The van der Waals surface area contributed by atoms with Gasteiger partial charge in [-0.05, 0) is 42.5 Å². The maximum atomic E-state index is 13.7. The van der Waals surface area contributed by atoms with Gasteiger partial charge in [-0.15, -0.1) is 0 Å². The number of piperazine rings is 1. The molecule has 132 valence electrons. The number of rotatable bonds is 4. The van der Waals surface area contributed by atoms with E-state index in [1.165, 1.54) is 30.3 Å². The highest BCUT2D eigenvalue weighted by Gasteiger charge is 2.22. The van der Waals surface area contributed by atoms with Crippen molar-refractivity contribution in [2.75, 3.05) is 42.9 Å². The molecule has 2 N–H and O–H groups in total. The van der Waals surface area contributed by atoms with Crippen LogP contribution < -0.4 is 15.1 Å². The maximum Gasteiger partial charge on any atom is 0.279 e. The molecule has 0 unspecified atom stereocenters. The zero-order chi connectivity index (χ0) is 17.8. The number of halogens is 3. The molecule has 0 aromatic heterocycles. The fourth-order valence-electron chi connectivity index (χ4n) is 2.92. The molecule has 2 aromatic rings. The number of hydrogen-bond acceptors (Lipinski definition) is 2. The second kappa shape index (κ2) is 7.80. The summed E-state index contributed by atoms with van der Waals surface area (Å²) in [6.07, 6.45) is 0. The number of nitrogens with zero attached hydrogens (tertiary/aromatic N) is 1. The van der Waals surface area contributed by atoms with Crippen molar-refractivity contribution in [3.63, 3.8) is 0 Å². The van der Waals surface area contributed by atoms with Crippen LogP contribution in [0.5, 0.6) is 0 Å². The van der Waals surface area contributed by atoms with Crippen LogP contribution in [0.15, 0.2) is 42.5 Å². The molecule has 0 spiro atoms. The third-order valence-corrected chi connectivity index (χ3v) is 4.51. The molecule has 0 atom stereocenters. The number of amides is 1. The van der Waals surface area contributed by atoms with Gasteiger partial charge in [0.25, 0.3) is 5.91 Å². The van der Waals surface area contributed by atoms with Crippen molar-refractivity contribution in [1.82, 2.24) is 0 Å². The predicted molar refractivity (Wildman–Crippen MR) is 94.2 cm³/mol. The fraction of sp³-hybridized carbons (Fsp3) is 0.278. The first-order chi connectivity index (χ1) is 12.0. The van der Waals surface area contributed by atoms with Crippen molar-refractivity contribution in [3.05, 3.63) is 59.1 Å². The quantitative estimate of drug-likeness (QED) is 0.868. The van der Waals surface area contributed by atoms with Gasteiger partial charge in [0.15, 0.2) is 6.54 Å². The molecule has 4 nitrogen and oxygen atoms in total. The summed E-state index contributed by atoms with van der Waals surface area (Å²) in [7, 11) is 0. The van der Waals surface area contributed by atoms with Gasteiger partial charge in [-0.1, -0.05) is 11.6 Å². The van der Waals surface area contributed by atoms with Gasteiger partial charge < -0.3 is 15.1 Å². The minimum Gasteiger partial charge on any atom is -0.360 e. The minimum atomic E-state index is -0.506. The Morgan fingerprint density at radius 2 is 1.80 bits per heavy atom. The van der Waals surface area contributed by atoms with Gasteiger partial charge in [0, 0.05) is 10.7 Å². The number of anilines is 2. The normalized spacial score (nSPS) is 15.2. The predicted octanol–water partition coefficient (Wildman–Crippen LogP) is 1.96. The minimum absolute atomic E-state index is 0.0989. The van der Waals surface area contributed by atoms with E-state index in [2.05, 4.69) is 10.2 Å². The lowest BCUT2D eigenvalue weighted by molar-refractivity contribution is -0.892. The van der Waals surface area contributed by atoms with Gasteiger partial charge in [-0.25, -0.2) is 8.78 Å². The van der Waals surface area contributed by atoms with Crippen molar-refractivity contribution in [2.45, 2.75) is 0 Å². The summed E-state index contributed by atoms with van der Waals surface area (Å²) in [5, 5.41) is 2.95. The Balaban J connectivity index is 1.51. The average molecular weight is 367 g/mol. The van der Waals surface area contributed by atoms with E-state index in [4.69, 9.17) is 11.6 Å². The Kier molecular flexibility index (Phi) is 5.50. The van der Waals surface area contributed by atoms with E-state index >= 15 is 0 Å². The van der Waals surface area contributed by atoms with Crippen molar-refractivity contribution in [1.29, 1.82) is 0 Å². The van der Waals surface area contributed by atoms with Crippen LogP contribution in [0.3, 0.4) is 0 Å². The van der Waals surface area contributed by atoms with Crippen LogP contribution in [0, 0.1) is 11.6 Å². The van der Waals surface area contributed by atoms with Gasteiger partial charge in [-0.2, -0.15) is 0 Å². The highest BCUT2D eigenvalue weighted by Crippen LogP contribution is 2.19. The Hall–Kier alpha value is -2.18. The molecule has 1 saturated heterocycles. The summed E-state index contributed by atoms with van der Waals surface area (Å²) in [6, 6.07) is 10.5. The molecule has 0 aliphatic carbocycles. The largest absolute Gasteiger partial charge is 0.360 e. The third-order valence-electron chi connectivity index (χ3n) is 4.28. The zero-order valence-electron chi connectivity index (χ0n) is 13.6. The molecule has 1 amide bonds. The summed E-state index contributed by atoms with van der Waals surface area (Å²) in [6.45, 7) is 3.38. The molecule has 0 saturated carbocycles. The molecule has 0 bridgehead atoms. The SMILES string of the molecule is O=C(C[NH+]1CCN(c2ccc(F)cc2)CC1)Nc1cc(Cl)ccc1F. The Morgan fingerprint density at radius 1 is 1.12 bits per heavy atom. The van der Waals surface area contributed by atoms with Gasteiger partial charge in [-0.3, -0.25) is 4.79 Å². The van der Waals surface area contributed by atoms with E-state index < -0.39 is 5.82 Å². The standard InChI is InChI=1S/C18H18ClF2N3O/c19-13-1-6-16(21)17(11-13)22-18(25)12-23-7-9-24(10-8-23)15-4-2-14(20)3-5-15/h1-6,11H,7-10,12H2,(H,22,25)/p+1. The maximum absolute atomic E-state index is 13.7. The Morgan fingerprint density at radius 3 is 2.48 bits per heavy atom. The number of nitrogens with one attached hydrogen (secondary N) is 2. The van der Waals surface area contributed by atoms with E-state index in [0.29, 0.717) is 5.02 Å². The molecule has 2 aromatic carbocycles. The van der Waals surface area contributed by atoms with Crippen molar-refractivity contribution in [3.8, 4) is 0 Å². The second-order valence-electron chi connectivity index (χ2n) is 6.06. The van der Waals surface area contributed by atoms with Crippen LogP contribution in [-0.2, 0) is 4.79 Å². The highest BCUT2D eigenvalue weighted by atomic mass is 35.5. The van der Waals surface area contributed by atoms with E-state index in [0.717, 1.165) is 36.8 Å². The van der Waals surface area contributed by atoms with Gasteiger partial charge in [0.1, 0.15) is 11.6 Å². The lowest BCUT2D eigenvalue weighted by Gasteiger charge is -2.33. The monoisotopic (exact) mass is 366 g/mol. The van der Waals surface area contributed by atoms with Gasteiger partial charge in [0.05, 0.1) is 31.9 Å². The fourth-order valence-corrected chi connectivity index (χ4v) is 3.10. The van der Waals surface area contributed by atoms with E-state index in [-0.39, 0.29) is 24.0 Å². The van der Waals surface area contributed by atoms with Crippen LogP contribution in [-0.4, -0.2) is 38.6 Å². The van der Waals surface area contributed by atoms with Crippen LogP contribution >= 0.6 is 11.6 Å². The van der Waals surface area contributed by atoms with Crippen LogP contribution in [0.1, 0.15) is 0 Å². The Labute approximate surface area is 150 Å². The average Bonchev–Trinajstić information content (AvgIpc) is 2.59. The summed E-state index contributed by atoms with van der Waals surface area (Å²) in [5.74, 6) is -1.00. The molecular formula is C18H19ClF2N3O+. The molecule has 1 heterocycles. The molecule has 1 aliphatic heterocycles. The first kappa shape index (κ1) is 17.6. The van der Waals surface area contributed by atoms with E-state index in [9.17, 15) is 13.6 Å². The molecular weight excluding hydrogens is 348 g/mol. The van der Waals surface area contributed by atoms with Crippen molar-refractivity contribution >= 4 is 28.9 Å². The van der Waals surface area contributed by atoms with Gasteiger partial charge >= 0.3 is 0 Å². The summed E-state index contributed by atoms with van der Waals surface area (Å²) < 4.78 is 26.7. The number of carbonyl (C=O) groups is 1. The topological polar surface area (TPSA) is 36.8 Å². The molecule has 25 heavy (non-hydrogen) atoms. The highest BCUT2D eigenvalue weighted by molar-refractivity contribution is 6.30. The molecule has 1 fully saturated rings. The second-order valence-corrected chi connectivity index (χ2v) is 6.50. The Bertz CT molecular complexity index is 746. The summed E-state index contributed by atoms with van der Waals surface area (Å²) >= 11 is 5.82. The zero-order valence-corrected chi connectivity index (χ0v) is 14.3. The summed E-state index contributed by atoms with van der Waals surface area (Å²) in [5.41, 5.74) is 1.08. The number of carbonyl (C=O) groups excluding carboxylic acids is 1. The molecule has 7 heteroatoms. The van der Waals surface area contributed by atoms with E-state index in [1.54, 1.807) is 12.1 Å². The third kappa shape index (κ3) is 4.67. The number of quaternary nitrogens is 1. The lowest BCUT2D eigenvalue weighted by Crippen LogP contribution is -3.15.